The molecule has 0 saturated carbocycles. The van der Waals surface area contributed by atoms with Gasteiger partial charge in [0.1, 0.15) is 0 Å². The summed E-state index contributed by atoms with van der Waals surface area (Å²) in [4.78, 5) is 11.1. The standard InChI is InChI=1S/C20H28O3/c1-22-20(21)11-7-3-6-10-19(18-12-14-23-15-13-18)16-17-8-4-2-5-9-17/h2,4-5,8-10,18H,3,6-7,11-16H2,1H3/b19-10-. The van der Waals surface area contributed by atoms with Crippen molar-refractivity contribution in [3.8, 4) is 0 Å². The fraction of sp³-hybridized carbons (Fsp3) is 0.550. The lowest BCUT2D eigenvalue weighted by Gasteiger charge is -2.25. The number of allylic oxidation sites excluding steroid dienone is 2. The summed E-state index contributed by atoms with van der Waals surface area (Å²) in [6.07, 6.45) is 9.18. The van der Waals surface area contributed by atoms with E-state index < -0.39 is 0 Å². The van der Waals surface area contributed by atoms with Crippen molar-refractivity contribution in [2.75, 3.05) is 20.3 Å². The van der Waals surface area contributed by atoms with E-state index in [1.165, 1.54) is 18.2 Å². The first kappa shape index (κ1) is 17.7. The van der Waals surface area contributed by atoms with E-state index in [9.17, 15) is 4.79 Å². The molecule has 23 heavy (non-hydrogen) atoms. The Bertz CT molecular complexity index is 487. The average Bonchev–Trinajstić information content (AvgIpc) is 2.62. The monoisotopic (exact) mass is 316 g/mol. The smallest absolute Gasteiger partial charge is 0.305 e. The highest BCUT2D eigenvalue weighted by Crippen LogP contribution is 2.27. The van der Waals surface area contributed by atoms with E-state index in [0.717, 1.165) is 51.7 Å². The minimum absolute atomic E-state index is 0.108. The van der Waals surface area contributed by atoms with Crippen molar-refractivity contribution in [1.82, 2.24) is 0 Å². The second-order valence-electron chi connectivity index (χ2n) is 6.15. The molecule has 0 N–H and O–H groups in total. The van der Waals surface area contributed by atoms with Gasteiger partial charge in [-0.3, -0.25) is 4.79 Å². The molecule has 1 aliphatic rings. The molecule has 1 fully saturated rings. The van der Waals surface area contributed by atoms with Gasteiger partial charge in [0, 0.05) is 19.6 Å². The summed E-state index contributed by atoms with van der Waals surface area (Å²) in [5, 5.41) is 0. The zero-order chi connectivity index (χ0) is 16.3. The molecular formula is C20H28O3. The number of rotatable bonds is 8. The third-order valence-corrected chi connectivity index (χ3v) is 4.47. The highest BCUT2D eigenvalue weighted by atomic mass is 16.5. The lowest BCUT2D eigenvalue weighted by Crippen LogP contribution is -2.18. The quantitative estimate of drug-likeness (QED) is 0.407. The van der Waals surface area contributed by atoms with Gasteiger partial charge in [0.2, 0.25) is 0 Å². The van der Waals surface area contributed by atoms with E-state index in [-0.39, 0.29) is 5.97 Å². The maximum absolute atomic E-state index is 11.1. The van der Waals surface area contributed by atoms with E-state index >= 15 is 0 Å². The van der Waals surface area contributed by atoms with Crippen molar-refractivity contribution < 1.29 is 14.3 Å². The van der Waals surface area contributed by atoms with E-state index in [1.807, 2.05) is 0 Å². The topological polar surface area (TPSA) is 35.5 Å². The van der Waals surface area contributed by atoms with Crippen LogP contribution in [0.5, 0.6) is 0 Å². The lowest BCUT2D eigenvalue weighted by molar-refractivity contribution is -0.140. The predicted octanol–water partition coefficient (Wildman–Crippen LogP) is 4.32. The van der Waals surface area contributed by atoms with Crippen LogP contribution in [0.3, 0.4) is 0 Å². The largest absolute Gasteiger partial charge is 0.469 e. The molecule has 1 aliphatic heterocycles. The van der Waals surface area contributed by atoms with Crippen LogP contribution in [0, 0.1) is 5.92 Å². The van der Waals surface area contributed by atoms with E-state index in [2.05, 4.69) is 41.1 Å². The number of methoxy groups -OCH3 is 1. The van der Waals surface area contributed by atoms with Crippen LogP contribution in [0.1, 0.15) is 44.1 Å². The molecule has 3 heteroatoms. The van der Waals surface area contributed by atoms with Crippen molar-refractivity contribution >= 4 is 5.97 Å². The van der Waals surface area contributed by atoms with Gasteiger partial charge in [-0.25, -0.2) is 0 Å². The highest BCUT2D eigenvalue weighted by Gasteiger charge is 2.18. The minimum Gasteiger partial charge on any atom is -0.469 e. The van der Waals surface area contributed by atoms with Gasteiger partial charge in [-0.15, -0.1) is 0 Å². The normalized spacial score (nSPS) is 16.3. The Morgan fingerprint density at radius 3 is 2.65 bits per heavy atom. The van der Waals surface area contributed by atoms with Gasteiger partial charge < -0.3 is 9.47 Å². The first-order valence-electron chi connectivity index (χ1n) is 8.67. The van der Waals surface area contributed by atoms with Crippen molar-refractivity contribution in [3.05, 3.63) is 47.5 Å². The fourth-order valence-electron chi connectivity index (χ4n) is 3.09. The SMILES string of the molecule is COC(=O)CCCC/C=C(/Cc1ccccc1)C1CCOCC1. The van der Waals surface area contributed by atoms with Gasteiger partial charge in [0.15, 0.2) is 0 Å². The molecule has 3 nitrogen and oxygen atoms in total. The van der Waals surface area contributed by atoms with E-state index in [0.29, 0.717) is 12.3 Å². The summed E-state index contributed by atoms with van der Waals surface area (Å²) in [5.74, 6) is 0.535. The van der Waals surface area contributed by atoms with Crippen molar-refractivity contribution in [2.45, 2.75) is 44.9 Å². The van der Waals surface area contributed by atoms with Crippen LogP contribution in [0.25, 0.3) is 0 Å². The molecule has 1 aromatic carbocycles. The molecular weight excluding hydrogens is 288 g/mol. The Hall–Kier alpha value is -1.61. The van der Waals surface area contributed by atoms with Crippen molar-refractivity contribution in [2.24, 2.45) is 5.92 Å². The van der Waals surface area contributed by atoms with Gasteiger partial charge in [-0.1, -0.05) is 42.0 Å². The third kappa shape index (κ3) is 6.57. The van der Waals surface area contributed by atoms with Gasteiger partial charge in [-0.05, 0) is 50.0 Å². The number of carbonyl (C=O) groups is 1. The number of ether oxygens (including phenoxy) is 2. The summed E-state index contributed by atoms with van der Waals surface area (Å²) in [6, 6.07) is 10.7. The van der Waals surface area contributed by atoms with Crippen LogP contribution in [0.15, 0.2) is 42.0 Å². The Balaban J connectivity index is 1.89. The summed E-state index contributed by atoms with van der Waals surface area (Å²) >= 11 is 0. The zero-order valence-electron chi connectivity index (χ0n) is 14.1. The number of esters is 1. The Labute approximate surface area is 139 Å². The van der Waals surface area contributed by atoms with Crippen LogP contribution in [-0.4, -0.2) is 26.3 Å². The minimum atomic E-state index is -0.108. The molecule has 0 spiro atoms. The van der Waals surface area contributed by atoms with Crippen molar-refractivity contribution in [3.63, 3.8) is 0 Å². The first-order valence-corrected chi connectivity index (χ1v) is 8.67. The summed E-state index contributed by atoms with van der Waals surface area (Å²) in [7, 11) is 1.45. The summed E-state index contributed by atoms with van der Waals surface area (Å²) in [5.41, 5.74) is 2.91. The van der Waals surface area contributed by atoms with Gasteiger partial charge in [0.25, 0.3) is 0 Å². The van der Waals surface area contributed by atoms with E-state index in [1.54, 1.807) is 0 Å². The number of carbonyl (C=O) groups excluding carboxylic acids is 1. The highest BCUT2D eigenvalue weighted by molar-refractivity contribution is 5.68. The number of unbranched alkanes of at least 4 members (excludes halogenated alkanes) is 2. The first-order chi connectivity index (χ1) is 11.3. The maximum Gasteiger partial charge on any atom is 0.305 e. The third-order valence-electron chi connectivity index (χ3n) is 4.47. The van der Waals surface area contributed by atoms with Crippen LogP contribution in [-0.2, 0) is 20.7 Å². The molecule has 0 aromatic heterocycles. The molecule has 0 radical (unpaired) electrons. The summed E-state index contributed by atoms with van der Waals surface area (Å²) in [6.45, 7) is 1.75. The van der Waals surface area contributed by atoms with Crippen LogP contribution < -0.4 is 0 Å². The Morgan fingerprint density at radius 2 is 1.96 bits per heavy atom. The number of benzene rings is 1. The Morgan fingerprint density at radius 1 is 1.22 bits per heavy atom. The predicted molar refractivity (Wildman–Crippen MR) is 92.3 cm³/mol. The van der Waals surface area contributed by atoms with E-state index in [4.69, 9.17) is 4.74 Å². The molecule has 0 atom stereocenters. The lowest BCUT2D eigenvalue weighted by atomic mass is 9.86. The van der Waals surface area contributed by atoms with Gasteiger partial charge >= 0.3 is 5.97 Å². The molecule has 2 rings (SSSR count). The molecule has 126 valence electrons. The molecule has 0 amide bonds. The second-order valence-corrected chi connectivity index (χ2v) is 6.15. The second kappa shape index (κ2) is 10.2. The average molecular weight is 316 g/mol. The number of hydrogen-bond donors (Lipinski definition) is 0. The van der Waals surface area contributed by atoms with Crippen LogP contribution in [0.2, 0.25) is 0 Å². The summed E-state index contributed by atoms with van der Waals surface area (Å²) < 4.78 is 10.2. The molecule has 0 bridgehead atoms. The van der Waals surface area contributed by atoms with Crippen LogP contribution in [0.4, 0.5) is 0 Å². The zero-order valence-corrected chi connectivity index (χ0v) is 14.1. The van der Waals surface area contributed by atoms with Crippen LogP contribution >= 0.6 is 0 Å². The number of hydrogen-bond acceptors (Lipinski definition) is 3. The Kier molecular flexibility index (Phi) is 7.88. The van der Waals surface area contributed by atoms with Gasteiger partial charge in [0.05, 0.1) is 7.11 Å². The van der Waals surface area contributed by atoms with Gasteiger partial charge in [-0.2, -0.15) is 0 Å². The van der Waals surface area contributed by atoms with Crippen molar-refractivity contribution in [1.29, 1.82) is 0 Å². The molecule has 0 unspecified atom stereocenters. The maximum atomic E-state index is 11.1. The fourth-order valence-corrected chi connectivity index (χ4v) is 3.09. The molecule has 1 heterocycles. The molecule has 1 aromatic rings. The molecule has 1 saturated heterocycles. The molecule has 0 aliphatic carbocycles.